The first kappa shape index (κ1) is 51.5. The summed E-state index contributed by atoms with van der Waals surface area (Å²) in [5.41, 5.74) is -0.0703. The topological polar surface area (TPSA) is 172 Å². The average Bonchev–Trinajstić information content (AvgIpc) is 3.95. The highest BCUT2D eigenvalue weighted by Gasteiger charge is 2.60. The van der Waals surface area contributed by atoms with Crippen LogP contribution >= 0.6 is 11.3 Å². The number of esters is 2. The highest BCUT2D eigenvalue weighted by molar-refractivity contribution is 7.08. The molecule has 2 aromatic heterocycles. The molecule has 0 bridgehead atoms. The molecule has 1 amide bonds. The Balaban J connectivity index is 1.34. The summed E-state index contributed by atoms with van der Waals surface area (Å²) in [7, 11) is 3.32. The van der Waals surface area contributed by atoms with Crippen LogP contribution in [-0.2, 0) is 49.2 Å². The number of aliphatic hydroxyl groups excluding tert-OH is 1. The minimum Gasteiger partial charge on any atom is -0.494 e. The lowest BCUT2D eigenvalue weighted by Crippen LogP contribution is -2.60. The first-order valence-corrected chi connectivity index (χ1v) is 24.2. The van der Waals surface area contributed by atoms with Crippen molar-refractivity contribution in [3.63, 3.8) is 0 Å². The molecule has 366 valence electrons. The summed E-state index contributed by atoms with van der Waals surface area (Å²) in [5.74, 6) is -4.31. The van der Waals surface area contributed by atoms with Crippen LogP contribution in [0.5, 0.6) is 5.75 Å². The van der Waals surface area contributed by atoms with E-state index in [0.717, 1.165) is 11.1 Å². The summed E-state index contributed by atoms with van der Waals surface area (Å²) in [4.78, 5) is 64.9. The normalized spacial score (nSPS) is 34.0. The van der Waals surface area contributed by atoms with Gasteiger partial charge in [0.1, 0.15) is 29.8 Å². The number of benzene rings is 1. The lowest BCUT2D eigenvalue weighted by molar-refractivity contribution is -0.301. The van der Waals surface area contributed by atoms with Crippen molar-refractivity contribution in [2.75, 3.05) is 27.3 Å². The third-order valence-electron chi connectivity index (χ3n) is 14.2. The number of carbonyl (C=O) groups excluding carboxylic acids is 4. The van der Waals surface area contributed by atoms with Gasteiger partial charge in [0.05, 0.1) is 48.8 Å². The van der Waals surface area contributed by atoms with Gasteiger partial charge in [-0.3, -0.25) is 19.4 Å². The van der Waals surface area contributed by atoms with Crippen LogP contribution in [0.3, 0.4) is 0 Å². The summed E-state index contributed by atoms with van der Waals surface area (Å²) in [6.07, 6.45) is -0.998. The number of thiophene rings is 1. The molecule has 3 aliphatic heterocycles. The van der Waals surface area contributed by atoms with Gasteiger partial charge in [0, 0.05) is 50.8 Å². The lowest BCUT2D eigenvalue weighted by Gasteiger charge is -2.48. The van der Waals surface area contributed by atoms with Gasteiger partial charge in [0.15, 0.2) is 11.9 Å². The number of nitrogens with zero attached hydrogens (tertiary/aromatic N) is 3. The van der Waals surface area contributed by atoms with Crippen LogP contribution in [0.15, 0.2) is 78.4 Å². The molecule has 1 N–H and O–H groups in total. The first-order chi connectivity index (χ1) is 31.8. The van der Waals surface area contributed by atoms with Gasteiger partial charge in [-0.1, -0.05) is 45.5 Å². The van der Waals surface area contributed by atoms with Gasteiger partial charge in [-0.25, -0.2) is 4.79 Å². The zero-order chi connectivity index (χ0) is 48.8. The summed E-state index contributed by atoms with van der Waals surface area (Å²) in [6.45, 7) is 18.3. The van der Waals surface area contributed by atoms with E-state index in [1.54, 1.807) is 88.5 Å². The fourth-order valence-electron chi connectivity index (χ4n) is 10.2. The second kappa shape index (κ2) is 22.0. The summed E-state index contributed by atoms with van der Waals surface area (Å²) in [6, 6.07) is 12.0. The fourth-order valence-corrected chi connectivity index (χ4v) is 10.8. The smallest absolute Gasteiger partial charge is 0.410 e. The number of ether oxygens (including phenoxy) is 7. The molecule has 14 atom stereocenters. The number of likely N-dealkylation sites (N-methyl/N-ethyl adjacent to an activating group) is 1. The number of rotatable bonds is 14. The molecule has 5 heterocycles. The van der Waals surface area contributed by atoms with Gasteiger partial charge >= 0.3 is 18.0 Å². The number of cyclic esters (lactones) is 1. The second-order valence-corrected chi connectivity index (χ2v) is 19.8. The molecule has 16 heteroatoms. The summed E-state index contributed by atoms with van der Waals surface area (Å²) >= 11 is 1.62. The van der Waals surface area contributed by atoms with Crippen LogP contribution in [0.25, 0.3) is 11.1 Å². The zero-order valence-corrected chi connectivity index (χ0v) is 41.3. The number of hydrogen-bond donors (Lipinski definition) is 1. The van der Waals surface area contributed by atoms with Gasteiger partial charge in [-0.05, 0) is 112 Å². The molecule has 6 rings (SSSR count). The molecule has 3 fully saturated rings. The fraction of sp³-hybridized carbons (Fsp3) is 0.588. The minimum atomic E-state index is -1.48. The van der Waals surface area contributed by atoms with E-state index in [1.165, 1.54) is 7.11 Å². The Morgan fingerprint density at radius 1 is 1.06 bits per heavy atom. The second-order valence-electron chi connectivity index (χ2n) is 19.0. The highest BCUT2D eigenvalue weighted by Crippen LogP contribution is 2.43. The number of aromatic nitrogens is 1. The van der Waals surface area contributed by atoms with Gasteiger partial charge < -0.3 is 48.1 Å². The largest absolute Gasteiger partial charge is 0.494 e. The molecule has 15 nitrogen and oxygen atoms in total. The Bertz CT molecular complexity index is 2160. The highest BCUT2D eigenvalue weighted by atomic mass is 32.1. The number of methoxy groups -OCH3 is 1. The number of Topliss-reactive ketones (excluding diaryl/α,β-unsaturated/α-hetero) is 1. The Kier molecular flexibility index (Phi) is 17.0. The molecule has 3 saturated heterocycles. The van der Waals surface area contributed by atoms with Crippen LogP contribution in [0, 0.1) is 23.7 Å². The molecular formula is C51H69N3O12S. The summed E-state index contributed by atoms with van der Waals surface area (Å²) in [5, 5.41) is 15.9. The van der Waals surface area contributed by atoms with E-state index in [4.69, 9.17) is 33.2 Å². The van der Waals surface area contributed by atoms with E-state index in [9.17, 15) is 24.3 Å². The molecule has 67 heavy (non-hydrogen) atoms. The SMILES string of the molecule is C=CN(C)[C@H]1C[C@@H](C)OC(O[C@@H]2[C@@H](C)[C@H](OC(=O)Cc3cccnc3)[C@@H](C)C(=O)O[C@H](C)[C@@]3(C)OC(=O)N(CCCOc4cccc(-c5ccsc5)c4)[C@@H]3[C@@H](C)C(=O)[C@H](C)C[C@@]2(C)OC)[C@@H]1O. The van der Waals surface area contributed by atoms with Crippen molar-refractivity contribution in [3.8, 4) is 16.9 Å². The number of amides is 1. The first-order valence-electron chi connectivity index (χ1n) is 23.3. The number of pyridine rings is 1. The zero-order valence-electron chi connectivity index (χ0n) is 40.5. The van der Waals surface area contributed by atoms with Crippen molar-refractivity contribution in [2.24, 2.45) is 23.7 Å². The third kappa shape index (κ3) is 11.5. The van der Waals surface area contributed by atoms with E-state index in [2.05, 4.69) is 16.9 Å². The lowest BCUT2D eigenvalue weighted by atomic mass is 9.73. The maximum atomic E-state index is 15.0. The molecule has 1 aromatic carbocycles. The standard InChI is InChI=1S/C51H69N3O12S/c1-12-53(10)40-24-31(3)62-48(43(40)57)65-46-33(5)44(64-41(55)25-36-16-14-20-52-28-36)34(6)47(58)63-35(7)51(9)45(32(4)42(56)30(2)27-50(46,8)60-11)54(49(59)66-51)21-15-22-61-39-18-13-17-37(26-39)38-19-23-67-29-38/h12-14,16-20,23,26,28-35,40,43-46,48,57H,1,15,21-22,24-25,27H2,2-11H3/t30-,31-,32+,33+,34-,35-,40+,43-,44+,45-,46-,48?,50-,51-/m1/s1. The molecule has 0 saturated carbocycles. The van der Waals surface area contributed by atoms with E-state index in [-0.39, 0.29) is 37.9 Å². The van der Waals surface area contributed by atoms with Gasteiger partial charge in [-0.2, -0.15) is 11.3 Å². The maximum absolute atomic E-state index is 15.0. The van der Waals surface area contributed by atoms with E-state index in [1.807, 2.05) is 61.5 Å². The Morgan fingerprint density at radius 2 is 1.82 bits per heavy atom. The van der Waals surface area contributed by atoms with Crippen molar-refractivity contribution in [3.05, 3.63) is 84.0 Å². The predicted octanol–water partition coefficient (Wildman–Crippen LogP) is 7.49. The van der Waals surface area contributed by atoms with Gasteiger partial charge in [0.25, 0.3) is 0 Å². The number of carbonyl (C=O) groups is 4. The molecule has 0 radical (unpaired) electrons. The van der Waals surface area contributed by atoms with E-state index in [0.29, 0.717) is 24.2 Å². The van der Waals surface area contributed by atoms with Crippen LogP contribution in [0.2, 0.25) is 0 Å². The van der Waals surface area contributed by atoms with Crippen LogP contribution in [0.1, 0.15) is 80.2 Å². The summed E-state index contributed by atoms with van der Waals surface area (Å²) < 4.78 is 44.4. The third-order valence-corrected chi connectivity index (χ3v) is 14.8. The van der Waals surface area contributed by atoms with Gasteiger partial charge in [0.2, 0.25) is 0 Å². The van der Waals surface area contributed by atoms with E-state index < -0.39 is 95.7 Å². The Hall–Kier alpha value is -4.87. The van der Waals surface area contributed by atoms with Crippen LogP contribution < -0.4 is 4.74 Å². The van der Waals surface area contributed by atoms with Crippen molar-refractivity contribution >= 4 is 35.2 Å². The van der Waals surface area contributed by atoms with Gasteiger partial charge in [-0.15, -0.1) is 0 Å². The molecule has 0 spiro atoms. The Morgan fingerprint density at radius 3 is 2.49 bits per heavy atom. The number of ketones is 1. The van der Waals surface area contributed by atoms with E-state index >= 15 is 0 Å². The molecule has 1 unspecified atom stereocenters. The molecule has 3 aliphatic rings. The van der Waals surface area contributed by atoms with Crippen molar-refractivity contribution < 1.29 is 57.4 Å². The number of aliphatic hydroxyl groups is 1. The molecular weight excluding hydrogens is 879 g/mol. The van der Waals surface area contributed by atoms with Crippen molar-refractivity contribution in [1.82, 2.24) is 14.8 Å². The predicted molar refractivity (Wildman–Crippen MR) is 252 cm³/mol. The number of hydrogen-bond acceptors (Lipinski definition) is 15. The average molecular weight is 948 g/mol. The van der Waals surface area contributed by atoms with Crippen LogP contribution in [-0.4, -0.2) is 131 Å². The monoisotopic (exact) mass is 947 g/mol. The quantitative estimate of drug-likeness (QED) is 0.0957. The molecule has 0 aliphatic carbocycles. The molecule has 3 aromatic rings. The van der Waals surface area contributed by atoms with Crippen molar-refractivity contribution in [1.29, 1.82) is 0 Å². The Labute approximate surface area is 399 Å². The van der Waals surface area contributed by atoms with Crippen molar-refractivity contribution in [2.45, 2.75) is 141 Å². The minimum absolute atomic E-state index is 0.0945. The number of fused-ring (bicyclic) bond motifs is 1. The maximum Gasteiger partial charge on any atom is 0.410 e. The van der Waals surface area contributed by atoms with Crippen LogP contribution in [0.4, 0.5) is 4.79 Å².